The van der Waals surface area contributed by atoms with Crippen molar-refractivity contribution in [3.63, 3.8) is 0 Å². The van der Waals surface area contributed by atoms with Crippen molar-refractivity contribution in [2.24, 2.45) is 5.92 Å². The number of rotatable bonds is 5. The molecule has 2 aliphatic rings. The molecule has 98 valence electrons. The Morgan fingerprint density at radius 2 is 2.06 bits per heavy atom. The average Bonchev–Trinajstić information content (AvgIpc) is 2.23. The van der Waals surface area contributed by atoms with Crippen LogP contribution in [-0.4, -0.2) is 12.6 Å². The third kappa shape index (κ3) is 2.97. The van der Waals surface area contributed by atoms with Gasteiger partial charge in [0.2, 0.25) is 0 Å². The highest BCUT2D eigenvalue weighted by Gasteiger charge is 2.30. The zero-order valence-electron chi connectivity index (χ0n) is 10.9. The smallest absolute Gasteiger partial charge is 0.0178 e. The van der Waals surface area contributed by atoms with Crippen LogP contribution in [0.4, 0.5) is 0 Å². The first-order chi connectivity index (χ1) is 8.81. The summed E-state index contributed by atoms with van der Waals surface area (Å²) in [5, 5.41) is 3.72. The highest BCUT2D eigenvalue weighted by molar-refractivity contribution is 9.10. The molecule has 2 aliphatic carbocycles. The number of hydrogen-bond donors (Lipinski definition) is 1. The summed E-state index contributed by atoms with van der Waals surface area (Å²) in [7, 11) is 0. The van der Waals surface area contributed by atoms with E-state index < -0.39 is 0 Å². The monoisotopic (exact) mass is 307 g/mol. The van der Waals surface area contributed by atoms with E-state index in [-0.39, 0.29) is 0 Å². The van der Waals surface area contributed by atoms with Gasteiger partial charge in [-0.1, -0.05) is 47.3 Å². The number of benzene rings is 1. The second-order valence-electron chi connectivity index (χ2n) is 5.96. The van der Waals surface area contributed by atoms with E-state index in [9.17, 15) is 0 Å². The Kier molecular flexibility index (Phi) is 4.05. The molecule has 1 aromatic carbocycles. The van der Waals surface area contributed by atoms with Crippen LogP contribution in [0, 0.1) is 5.92 Å². The number of nitrogens with one attached hydrogen (secondary N) is 1. The van der Waals surface area contributed by atoms with E-state index in [1.165, 1.54) is 55.1 Å². The van der Waals surface area contributed by atoms with Gasteiger partial charge in [0.25, 0.3) is 0 Å². The van der Waals surface area contributed by atoms with E-state index in [0.29, 0.717) is 0 Å². The third-order valence-electron chi connectivity index (χ3n) is 4.67. The molecular formula is C16H22BrN. The molecule has 2 heteroatoms. The molecule has 2 saturated carbocycles. The molecule has 0 amide bonds. The van der Waals surface area contributed by atoms with Crippen molar-refractivity contribution in [1.82, 2.24) is 5.32 Å². The Labute approximate surface area is 118 Å². The summed E-state index contributed by atoms with van der Waals surface area (Å²) in [6.07, 6.45) is 8.47. The van der Waals surface area contributed by atoms with Gasteiger partial charge < -0.3 is 5.32 Å². The molecule has 1 nitrogen and oxygen atoms in total. The van der Waals surface area contributed by atoms with Crippen molar-refractivity contribution < 1.29 is 0 Å². The summed E-state index contributed by atoms with van der Waals surface area (Å²) in [5.74, 6) is 1.82. The molecule has 2 fully saturated rings. The zero-order chi connectivity index (χ0) is 12.4. The van der Waals surface area contributed by atoms with E-state index >= 15 is 0 Å². The average molecular weight is 308 g/mol. The Balaban J connectivity index is 1.37. The van der Waals surface area contributed by atoms with Crippen LogP contribution in [0.3, 0.4) is 0 Å². The Morgan fingerprint density at radius 1 is 1.22 bits per heavy atom. The Morgan fingerprint density at radius 3 is 2.72 bits per heavy atom. The lowest BCUT2D eigenvalue weighted by molar-refractivity contribution is 0.254. The van der Waals surface area contributed by atoms with Gasteiger partial charge in [0.05, 0.1) is 0 Å². The van der Waals surface area contributed by atoms with Crippen molar-refractivity contribution in [2.45, 2.75) is 50.5 Å². The van der Waals surface area contributed by atoms with Gasteiger partial charge >= 0.3 is 0 Å². The van der Waals surface area contributed by atoms with Gasteiger partial charge in [0, 0.05) is 10.5 Å². The second-order valence-corrected chi connectivity index (χ2v) is 6.88. The summed E-state index contributed by atoms with van der Waals surface area (Å²) in [5.41, 5.74) is 1.50. The molecule has 0 saturated heterocycles. The largest absolute Gasteiger partial charge is 0.314 e. The molecule has 0 aliphatic heterocycles. The maximum absolute atomic E-state index is 3.72. The SMILES string of the molecule is Brc1cccc(C2CC(NCCC3CCC3)C2)c1. The van der Waals surface area contributed by atoms with E-state index in [4.69, 9.17) is 0 Å². The molecule has 3 rings (SSSR count). The molecule has 1 N–H and O–H groups in total. The van der Waals surface area contributed by atoms with Crippen LogP contribution in [0.25, 0.3) is 0 Å². The minimum atomic E-state index is 0.772. The van der Waals surface area contributed by atoms with E-state index in [1.54, 1.807) is 0 Å². The fourth-order valence-electron chi connectivity index (χ4n) is 3.09. The molecular weight excluding hydrogens is 286 g/mol. The number of halogens is 1. The van der Waals surface area contributed by atoms with Crippen LogP contribution >= 0.6 is 15.9 Å². The summed E-state index contributed by atoms with van der Waals surface area (Å²) < 4.78 is 1.21. The first-order valence-corrected chi connectivity index (χ1v) is 8.09. The van der Waals surface area contributed by atoms with Crippen molar-refractivity contribution in [2.75, 3.05) is 6.54 Å². The zero-order valence-corrected chi connectivity index (χ0v) is 12.5. The van der Waals surface area contributed by atoms with Gasteiger partial charge in [-0.05, 0) is 55.3 Å². The van der Waals surface area contributed by atoms with Crippen LogP contribution in [-0.2, 0) is 0 Å². The molecule has 0 heterocycles. The number of hydrogen-bond acceptors (Lipinski definition) is 1. The second kappa shape index (κ2) is 5.75. The van der Waals surface area contributed by atoms with Gasteiger partial charge in [0.15, 0.2) is 0 Å². The molecule has 0 aromatic heterocycles. The topological polar surface area (TPSA) is 12.0 Å². The standard InChI is InChI=1S/C16H22BrN/c17-15-6-2-5-13(9-15)14-10-16(11-14)18-8-7-12-3-1-4-12/h2,5-6,9,12,14,16,18H,1,3-4,7-8,10-11H2. The summed E-state index contributed by atoms with van der Waals surface area (Å²) in [6, 6.07) is 9.57. The first-order valence-electron chi connectivity index (χ1n) is 7.30. The van der Waals surface area contributed by atoms with Crippen molar-refractivity contribution in [3.05, 3.63) is 34.3 Å². The molecule has 0 spiro atoms. The molecule has 0 atom stereocenters. The van der Waals surface area contributed by atoms with Crippen LogP contribution in [0.1, 0.15) is 50.0 Å². The van der Waals surface area contributed by atoms with Crippen LogP contribution in [0.5, 0.6) is 0 Å². The molecule has 0 unspecified atom stereocenters. The van der Waals surface area contributed by atoms with Crippen molar-refractivity contribution >= 4 is 15.9 Å². The first kappa shape index (κ1) is 12.7. The normalized spacial score (nSPS) is 27.6. The molecule has 0 radical (unpaired) electrons. The Bertz CT molecular complexity index is 394. The van der Waals surface area contributed by atoms with E-state index in [0.717, 1.165) is 17.9 Å². The minimum absolute atomic E-state index is 0.772. The Hall–Kier alpha value is -0.340. The fourth-order valence-corrected chi connectivity index (χ4v) is 3.51. The lowest BCUT2D eigenvalue weighted by atomic mass is 9.75. The van der Waals surface area contributed by atoms with Crippen molar-refractivity contribution in [1.29, 1.82) is 0 Å². The van der Waals surface area contributed by atoms with E-state index in [2.05, 4.69) is 45.5 Å². The van der Waals surface area contributed by atoms with Gasteiger partial charge in [-0.25, -0.2) is 0 Å². The molecule has 0 bridgehead atoms. The van der Waals surface area contributed by atoms with Gasteiger partial charge in [-0.15, -0.1) is 0 Å². The quantitative estimate of drug-likeness (QED) is 0.846. The summed E-state index contributed by atoms with van der Waals surface area (Å²) in [4.78, 5) is 0. The highest BCUT2D eigenvalue weighted by atomic mass is 79.9. The lowest BCUT2D eigenvalue weighted by Gasteiger charge is -2.37. The van der Waals surface area contributed by atoms with Crippen LogP contribution in [0.2, 0.25) is 0 Å². The summed E-state index contributed by atoms with van der Waals surface area (Å²) in [6.45, 7) is 1.24. The molecule has 1 aromatic rings. The van der Waals surface area contributed by atoms with Gasteiger partial charge in [-0.2, -0.15) is 0 Å². The highest BCUT2D eigenvalue weighted by Crippen LogP contribution is 2.37. The fraction of sp³-hybridized carbons (Fsp3) is 0.625. The van der Waals surface area contributed by atoms with Crippen LogP contribution < -0.4 is 5.32 Å². The van der Waals surface area contributed by atoms with Gasteiger partial charge in [0.1, 0.15) is 0 Å². The summed E-state index contributed by atoms with van der Waals surface area (Å²) >= 11 is 3.56. The third-order valence-corrected chi connectivity index (χ3v) is 5.16. The van der Waals surface area contributed by atoms with Gasteiger partial charge in [-0.3, -0.25) is 0 Å². The molecule has 18 heavy (non-hydrogen) atoms. The van der Waals surface area contributed by atoms with Crippen LogP contribution in [0.15, 0.2) is 28.7 Å². The predicted molar refractivity (Wildman–Crippen MR) is 79.9 cm³/mol. The van der Waals surface area contributed by atoms with E-state index in [1.807, 2.05) is 0 Å². The minimum Gasteiger partial charge on any atom is -0.314 e. The lowest BCUT2D eigenvalue weighted by Crippen LogP contribution is -2.41. The maximum Gasteiger partial charge on any atom is 0.0178 e. The predicted octanol–water partition coefficient (Wildman–Crippen LogP) is 4.47. The van der Waals surface area contributed by atoms with Crippen molar-refractivity contribution in [3.8, 4) is 0 Å². The maximum atomic E-state index is 3.72.